The molecule has 0 aliphatic rings. The zero-order valence-electron chi connectivity index (χ0n) is 36.8. The number of amides is 1. The van der Waals surface area contributed by atoms with Crippen molar-refractivity contribution in [2.75, 3.05) is 6.61 Å². The third-order valence-corrected chi connectivity index (χ3v) is 11.0. The van der Waals surface area contributed by atoms with Crippen molar-refractivity contribution in [3.63, 3.8) is 0 Å². The van der Waals surface area contributed by atoms with E-state index in [4.69, 9.17) is 4.74 Å². The third-order valence-electron chi connectivity index (χ3n) is 11.0. The van der Waals surface area contributed by atoms with Gasteiger partial charge in [-0.1, -0.05) is 186 Å². The van der Waals surface area contributed by atoms with Gasteiger partial charge in [-0.15, -0.1) is 0 Å². The van der Waals surface area contributed by atoms with Crippen LogP contribution in [-0.2, 0) is 14.3 Å². The Bertz CT molecular complexity index is 873. The molecular weight excluding hydrogens is 683 g/mol. The molecule has 0 fully saturated rings. The highest BCUT2D eigenvalue weighted by Gasteiger charge is 2.24. The van der Waals surface area contributed by atoms with Gasteiger partial charge in [0, 0.05) is 6.42 Å². The van der Waals surface area contributed by atoms with Gasteiger partial charge in [0.25, 0.3) is 0 Å². The van der Waals surface area contributed by atoms with Gasteiger partial charge in [0.1, 0.15) is 6.10 Å². The van der Waals surface area contributed by atoms with Gasteiger partial charge in [-0.3, -0.25) is 9.59 Å². The minimum absolute atomic E-state index is 0.0665. The highest BCUT2D eigenvalue weighted by Crippen LogP contribution is 2.17. The van der Waals surface area contributed by atoms with Crippen LogP contribution in [0.15, 0.2) is 24.3 Å². The summed E-state index contributed by atoms with van der Waals surface area (Å²) >= 11 is 0. The molecule has 0 aliphatic carbocycles. The van der Waals surface area contributed by atoms with Crippen molar-refractivity contribution in [3.05, 3.63) is 24.3 Å². The van der Waals surface area contributed by atoms with Gasteiger partial charge in [-0.05, 0) is 77.0 Å². The molecule has 3 atom stereocenters. The average Bonchev–Trinajstić information content (AvgIpc) is 3.18. The van der Waals surface area contributed by atoms with E-state index in [-0.39, 0.29) is 24.9 Å². The molecule has 324 valence electrons. The first-order valence-electron chi connectivity index (χ1n) is 24.1. The minimum Gasteiger partial charge on any atom is -0.462 e. The summed E-state index contributed by atoms with van der Waals surface area (Å²) in [7, 11) is 0. The molecule has 0 heterocycles. The lowest BCUT2D eigenvalue weighted by molar-refractivity contribution is -0.151. The number of unbranched alkanes of at least 4 members (excludes halogenated alkanes) is 27. The van der Waals surface area contributed by atoms with Crippen LogP contribution < -0.4 is 5.32 Å². The quantitative estimate of drug-likeness (QED) is 0.0326. The first-order chi connectivity index (χ1) is 27.0. The fourth-order valence-corrected chi connectivity index (χ4v) is 7.30. The molecule has 0 bridgehead atoms. The highest BCUT2D eigenvalue weighted by molar-refractivity contribution is 5.77. The molecular formula is C49H93NO5. The van der Waals surface area contributed by atoms with E-state index in [1.165, 1.54) is 128 Å². The van der Waals surface area contributed by atoms with Crippen molar-refractivity contribution < 1.29 is 24.5 Å². The first kappa shape index (κ1) is 53.3. The number of carbonyl (C=O) groups is 2. The van der Waals surface area contributed by atoms with Crippen molar-refractivity contribution >= 4 is 11.9 Å². The molecule has 0 saturated carbocycles. The van der Waals surface area contributed by atoms with Gasteiger partial charge in [-0.2, -0.15) is 0 Å². The zero-order valence-corrected chi connectivity index (χ0v) is 36.8. The number of hydrogen-bond donors (Lipinski definition) is 3. The molecule has 0 aromatic rings. The molecule has 0 rings (SSSR count). The highest BCUT2D eigenvalue weighted by atomic mass is 16.5. The second-order valence-electron chi connectivity index (χ2n) is 16.5. The Labute approximate surface area is 341 Å². The monoisotopic (exact) mass is 776 g/mol. The van der Waals surface area contributed by atoms with Gasteiger partial charge in [0.05, 0.1) is 25.2 Å². The molecule has 0 spiro atoms. The fourth-order valence-electron chi connectivity index (χ4n) is 7.30. The molecule has 3 unspecified atom stereocenters. The van der Waals surface area contributed by atoms with Crippen LogP contribution in [0.25, 0.3) is 0 Å². The van der Waals surface area contributed by atoms with E-state index >= 15 is 0 Å². The van der Waals surface area contributed by atoms with Gasteiger partial charge in [0.15, 0.2) is 0 Å². The SMILES string of the molecule is CCCCC/C=C\CCCCCC(CC(=O)NC(CO)C(O)CCCCCCCCCCCC)OC(=O)CCCCCCC/C=C/CCCCCCCCC. The summed E-state index contributed by atoms with van der Waals surface area (Å²) in [6.07, 6.45) is 48.1. The van der Waals surface area contributed by atoms with E-state index in [1.54, 1.807) is 0 Å². The van der Waals surface area contributed by atoms with E-state index in [2.05, 4.69) is 50.4 Å². The second-order valence-corrected chi connectivity index (χ2v) is 16.5. The minimum atomic E-state index is -0.787. The Morgan fingerprint density at radius 1 is 0.509 bits per heavy atom. The number of allylic oxidation sites excluding steroid dienone is 4. The maximum Gasteiger partial charge on any atom is 0.306 e. The Balaban J connectivity index is 4.53. The number of aliphatic hydroxyl groups is 2. The maximum absolute atomic E-state index is 13.1. The number of aliphatic hydroxyl groups excluding tert-OH is 2. The largest absolute Gasteiger partial charge is 0.462 e. The van der Waals surface area contributed by atoms with Crippen LogP contribution in [0.3, 0.4) is 0 Å². The smallest absolute Gasteiger partial charge is 0.306 e. The van der Waals surface area contributed by atoms with Crippen LogP contribution in [0.5, 0.6) is 0 Å². The molecule has 3 N–H and O–H groups in total. The zero-order chi connectivity index (χ0) is 40.3. The summed E-state index contributed by atoms with van der Waals surface area (Å²) in [5.74, 6) is -0.494. The number of carbonyl (C=O) groups excluding carboxylic acids is 2. The molecule has 0 aromatic carbocycles. The van der Waals surface area contributed by atoms with Crippen molar-refractivity contribution in [1.29, 1.82) is 0 Å². The normalized spacial score (nSPS) is 13.5. The molecule has 0 aliphatic heterocycles. The fraction of sp³-hybridized carbons (Fsp3) is 0.878. The van der Waals surface area contributed by atoms with Crippen LogP contribution in [0.4, 0.5) is 0 Å². The van der Waals surface area contributed by atoms with Gasteiger partial charge >= 0.3 is 5.97 Å². The van der Waals surface area contributed by atoms with Gasteiger partial charge < -0.3 is 20.3 Å². The summed E-state index contributed by atoms with van der Waals surface area (Å²) in [6, 6.07) is -0.702. The topological polar surface area (TPSA) is 95.9 Å². The molecule has 0 radical (unpaired) electrons. The Kier molecular flexibility index (Phi) is 42.2. The van der Waals surface area contributed by atoms with Crippen LogP contribution in [0, 0.1) is 0 Å². The lowest BCUT2D eigenvalue weighted by Gasteiger charge is -2.24. The van der Waals surface area contributed by atoms with Gasteiger partial charge in [-0.25, -0.2) is 0 Å². The number of esters is 1. The van der Waals surface area contributed by atoms with Crippen molar-refractivity contribution in [3.8, 4) is 0 Å². The standard InChI is InChI=1S/C49H93NO5/c1-4-7-10-13-16-19-22-23-24-25-26-27-30-33-36-39-42-49(54)55-45(40-37-34-31-28-20-17-14-11-8-5-2)43-48(53)50-46(44-51)47(52)41-38-35-32-29-21-18-15-12-9-6-3/h17,20,24-25,45-47,51-52H,4-16,18-19,21-23,26-44H2,1-3H3,(H,50,53)/b20-17-,25-24+. The predicted molar refractivity (Wildman–Crippen MR) is 236 cm³/mol. The van der Waals surface area contributed by atoms with Crippen LogP contribution in [0.2, 0.25) is 0 Å². The molecule has 6 heteroatoms. The number of ether oxygens (including phenoxy) is 1. The van der Waals surface area contributed by atoms with Gasteiger partial charge in [0.2, 0.25) is 5.91 Å². The van der Waals surface area contributed by atoms with E-state index in [1.807, 2.05) is 0 Å². The Morgan fingerprint density at radius 3 is 1.35 bits per heavy atom. The molecule has 55 heavy (non-hydrogen) atoms. The predicted octanol–water partition coefficient (Wildman–Crippen LogP) is 14.0. The summed E-state index contributed by atoms with van der Waals surface area (Å²) in [5.41, 5.74) is 0. The van der Waals surface area contributed by atoms with E-state index in [9.17, 15) is 19.8 Å². The van der Waals surface area contributed by atoms with Crippen LogP contribution >= 0.6 is 0 Å². The number of rotatable bonds is 43. The van der Waals surface area contributed by atoms with Crippen molar-refractivity contribution in [1.82, 2.24) is 5.32 Å². The third kappa shape index (κ3) is 39.0. The van der Waals surface area contributed by atoms with Crippen molar-refractivity contribution in [2.45, 2.75) is 270 Å². The van der Waals surface area contributed by atoms with E-state index in [0.717, 1.165) is 77.0 Å². The maximum atomic E-state index is 13.1. The van der Waals surface area contributed by atoms with Crippen LogP contribution in [0.1, 0.15) is 252 Å². The number of nitrogens with one attached hydrogen (secondary N) is 1. The molecule has 1 amide bonds. The van der Waals surface area contributed by atoms with Crippen molar-refractivity contribution in [2.24, 2.45) is 0 Å². The average molecular weight is 776 g/mol. The molecule has 6 nitrogen and oxygen atoms in total. The first-order valence-corrected chi connectivity index (χ1v) is 24.1. The number of hydrogen-bond acceptors (Lipinski definition) is 5. The molecule has 0 aromatic heterocycles. The summed E-state index contributed by atoms with van der Waals surface area (Å²) in [4.78, 5) is 26.0. The second kappa shape index (κ2) is 43.5. The lowest BCUT2D eigenvalue weighted by Crippen LogP contribution is -2.46. The lowest BCUT2D eigenvalue weighted by atomic mass is 10.0. The summed E-state index contributed by atoms with van der Waals surface area (Å²) in [6.45, 7) is 6.43. The van der Waals surface area contributed by atoms with E-state index in [0.29, 0.717) is 19.3 Å². The van der Waals surface area contributed by atoms with Crippen LogP contribution in [-0.4, -0.2) is 46.9 Å². The Hall–Kier alpha value is -1.66. The Morgan fingerprint density at radius 2 is 0.873 bits per heavy atom. The summed E-state index contributed by atoms with van der Waals surface area (Å²) in [5, 5.41) is 23.6. The summed E-state index contributed by atoms with van der Waals surface area (Å²) < 4.78 is 5.89. The molecule has 0 saturated heterocycles. The van der Waals surface area contributed by atoms with E-state index < -0.39 is 18.2 Å².